The van der Waals surface area contributed by atoms with Gasteiger partial charge in [-0.1, -0.05) is 29.3 Å². The smallest absolute Gasteiger partial charge is 0.323 e. The molecule has 1 aromatic carbocycles. The molecule has 4 rings (SSSR count). The summed E-state index contributed by atoms with van der Waals surface area (Å²) in [5.74, 6) is 0.769. The van der Waals surface area contributed by atoms with Crippen molar-refractivity contribution < 1.29 is 18.3 Å². The molecule has 14 heteroatoms. The van der Waals surface area contributed by atoms with Crippen molar-refractivity contribution in [2.45, 2.75) is 23.8 Å². The number of thiophene rings is 1. The zero-order valence-corrected chi connectivity index (χ0v) is 22.5. The van der Waals surface area contributed by atoms with E-state index in [2.05, 4.69) is 31.2 Å². The fourth-order valence-corrected chi connectivity index (χ4v) is 8.84. The number of aromatic amines is 2. The third-order valence-electron chi connectivity index (χ3n) is 5.66. The van der Waals surface area contributed by atoms with Gasteiger partial charge in [-0.25, -0.2) is 13.2 Å². The van der Waals surface area contributed by atoms with Crippen LogP contribution in [-0.4, -0.2) is 66.7 Å². The van der Waals surface area contributed by atoms with Crippen LogP contribution < -0.4 is 15.7 Å². The van der Waals surface area contributed by atoms with E-state index >= 15 is 0 Å². The van der Waals surface area contributed by atoms with Crippen LogP contribution in [-0.2, 0) is 10.0 Å². The predicted molar refractivity (Wildman–Crippen MR) is 137 cm³/mol. The third-order valence-corrected chi connectivity index (χ3v) is 11.0. The molecule has 1 saturated heterocycles. The number of hydrogen-bond donors (Lipinski definition) is 4. The number of imidazole rings is 1. The van der Waals surface area contributed by atoms with E-state index in [0.717, 1.165) is 11.3 Å². The van der Waals surface area contributed by atoms with E-state index in [-0.39, 0.29) is 27.4 Å². The highest BCUT2D eigenvalue weighted by Gasteiger charge is 2.34. The van der Waals surface area contributed by atoms with Gasteiger partial charge in [-0.2, -0.15) is 4.31 Å². The lowest BCUT2D eigenvalue weighted by Crippen LogP contribution is -2.42. The SMILES string of the molecule is O=c1[nH]c2cccc(OC[C@@H](O)CNCC3CCN(S(=O)(=O)c4c(Cl)sc(Cl)c4Br)CC3)c2[nH]1. The van der Waals surface area contributed by atoms with Crippen LogP contribution in [0.5, 0.6) is 5.75 Å². The van der Waals surface area contributed by atoms with Crippen molar-refractivity contribution in [3.05, 3.63) is 41.8 Å². The number of H-pyrrole nitrogens is 2. The molecule has 34 heavy (non-hydrogen) atoms. The normalized spacial score (nSPS) is 16.8. The van der Waals surface area contributed by atoms with E-state index in [1.54, 1.807) is 18.2 Å². The monoisotopic (exact) mass is 612 g/mol. The highest BCUT2D eigenvalue weighted by atomic mass is 79.9. The minimum Gasteiger partial charge on any atom is -0.489 e. The quantitative estimate of drug-likeness (QED) is 0.293. The van der Waals surface area contributed by atoms with Crippen LogP contribution in [0.25, 0.3) is 11.0 Å². The van der Waals surface area contributed by atoms with Crippen LogP contribution in [0.1, 0.15) is 12.8 Å². The summed E-state index contributed by atoms with van der Waals surface area (Å²) in [6, 6.07) is 5.25. The summed E-state index contributed by atoms with van der Waals surface area (Å²) in [4.78, 5) is 16.8. The molecule has 0 radical (unpaired) electrons. The number of halogens is 3. The number of aromatic nitrogens is 2. The Morgan fingerprint density at radius 3 is 2.68 bits per heavy atom. The Hall–Kier alpha value is -1.12. The second-order valence-electron chi connectivity index (χ2n) is 8.02. The lowest BCUT2D eigenvalue weighted by Gasteiger charge is -2.31. The number of para-hydroxylation sites is 1. The molecular weight excluding hydrogens is 591 g/mol. The van der Waals surface area contributed by atoms with Crippen LogP contribution in [0.4, 0.5) is 0 Å². The fraction of sp³-hybridized carbons (Fsp3) is 0.450. The van der Waals surface area contributed by atoms with Gasteiger partial charge in [0, 0.05) is 19.6 Å². The number of rotatable bonds is 9. The van der Waals surface area contributed by atoms with Crippen molar-refractivity contribution in [2.24, 2.45) is 5.92 Å². The van der Waals surface area contributed by atoms with Gasteiger partial charge in [-0.15, -0.1) is 11.3 Å². The minimum atomic E-state index is -3.73. The highest BCUT2D eigenvalue weighted by molar-refractivity contribution is 9.10. The summed E-state index contributed by atoms with van der Waals surface area (Å²) in [6.45, 7) is 1.81. The number of ether oxygens (including phenoxy) is 1. The van der Waals surface area contributed by atoms with Crippen LogP contribution in [0, 0.1) is 5.92 Å². The Kier molecular flexibility index (Phi) is 8.30. The van der Waals surface area contributed by atoms with E-state index in [0.29, 0.717) is 64.6 Å². The Morgan fingerprint density at radius 1 is 1.26 bits per heavy atom. The zero-order valence-electron chi connectivity index (χ0n) is 17.8. The second kappa shape index (κ2) is 10.9. The average Bonchev–Trinajstić information content (AvgIpc) is 3.30. The minimum absolute atomic E-state index is 0.0308. The molecule has 2 aromatic heterocycles. The van der Waals surface area contributed by atoms with Gasteiger partial charge in [0.2, 0.25) is 10.0 Å². The van der Waals surface area contributed by atoms with Crippen molar-refractivity contribution in [2.75, 3.05) is 32.8 Å². The number of hydrogen-bond acceptors (Lipinski definition) is 7. The van der Waals surface area contributed by atoms with Gasteiger partial charge in [0.1, 0.15) is 37.5 Å². The van der Waals surface area contributed by atoms with E-state index < -0.39 is 16.1 Å². The summed E-state index contributed by atoms with van der Waals surface area (Å²) in [6.07, 6.45) is 0.632. The second-order valence-corrected chi connectivity index (χ2v) is 12.9. The molecule has 0 amide bonds. The van der Waals surface area contributed by atoms with Crippen LogP contribution in [0.3, 0.4) is 0 Å². The largest absolute Gasteiger partial charge is 0.489 e. The van der Waals surface area contributed by atoms with E-state index in [4.69, 9.17) is 27.9 Å². The molecule has 1 fully saturated rings. The summed E-state index contributed by atoms with van der Waals surface area (Å²) in [5, 5.41) is 13.5. The summed E-state index contributed by atoms with van der Waals surface area (Å²) in [7, 11) is -3.73. The van der Waals surface area contributed by atoms with Crippen molar-refractivity contribution in [3.63, 3.8) is 0 Å². The van der Waals surface area contributed by atoms with E-state index in [1.807, 2.05) is 0 Å². The number of fused-ring (bicyclic) bond motifs is 1. The number of nitrogens with zero attached hydrogens (tertiary/aromatic N) is 1. The number of benzene rings is 1. The van der Waals surface area contributed by atoms with Crippen molar-refractivity contribution >= 4 is 71.5 Å². The number of sulfonamides is 1. The molecule has 0 aliphatic carbocycles. The summed E-state index contributed by atoms with van der Waals surface area (Å²) < 4.78 is 33.9. The van der Waals surface area contributed by atoms with Gasteiger partial charge in [0.05, 0.1) is 9.99 Å². The Balaban J connectivity index is 1.22. The molecule has 1 aliphatic heterocycles. The predicted octanol–water partition coefficient (Wildman–Crippen LogP) is 3.42. The molecule has 0 spiro atoms. The standard InChI is InChI=1S/C20H23BrCl2N4O5S2/c21-15-17(19(23)33-18(15)22)34(30,31)27-6-4-11(5-7-27)8-24-9-12(28)10-32-14-3-1-2-13-16(14)26-20(29)25-13/h1-3,11-12,24,28H,4-10H2,(H2,25,26,29)/t12-/m0/s1. The first-order valence-corrected chi connectivity index (χ1v) is 14.3. The van der Waals surface area contributed by atoms with Crippen molar-refractivity contribution in [3.8, 4) is 5.75 Å². The first kappa shape index (κ1) is 26.0. The number of aliphatic hydroxyl groups is 1. The van der Waals surface area contributed by atoms with E-state index in [1.165, 1.54) is 4.31 Å². The highest BCUT2D eigenvalue weighted by Crippen LogP contribution is 2.44. The lowest BCUT2D eigenvalue weighted by molar-refractivity contribution is 0.105. The molecule has 4 N–H and O–H groups in total. The van der Waals surface area contributed by atoms with Gasteiger partial charge >= 0.3 is 5.69 Å². The number of nitrogens with one attached hydrogen (secondary N) is 3. The van der Waals surface area contributed by atoms with Gasteiger partial charge in [-0.3, -0.25) is 0 Å². The number of piperidine rings is 1. The average molecular weight is 614 g/mol. The van der Waals surface area contributed by atoms with Crippen molar-refractivity contribution in [1.29, 1.82) is 0 Å². The van der Waals surface area contributed by atoms with Gasteiger partial charge < -0.3 is 25.1 Å². The first-order chi connectivity index (χ1) is 16.2. The maximum absolute atomic E-state index is 13.0. The Morgan fingerprint density at radius 2 is 2.00 bits per heavy atom. The Bertz CT molecular complexity index is 1320. The van der Waals surface area contributed by atoms with Gasteiger partial charge in [0.15, 0.2) is 0 Å². The lowest BCUT2D eigenvalue weighted by atomic mass is 9.98. The Labute approximate surface area is 218 Å². The molecule has 1 atom stereocenters. The summed E-state index contributed by atoms with van der Waals surface area (Å²) in [5.41, 5.74) is 0.884. The first-order valence-electron chi connectivity index (χ1n) is 10.5. The van der Waals surface area contributed by atoms with Gasteiger partial charge in [-0.05, 0) is 53.4 Å². The molecule has 3 heterocycles. The molecule has 0 bridgehead atoms. The molecule has 1 aliphatic rings. The molecule has 3 aromatic rings. The maximum Gasteiger partial charge on any atom is 0.323 e. The molecule has 0 unspecified atom stereocenters. The molecule has 9 nitrogen and oxygen atoms in total. The van der Waals surface area contributed by atoms with Crippen molar-refractivity contribution in [1.82, 2.24) is 19.6 Å². The van der Waals surface area contributed by atoms with Crippen LogP contribution in [0.15, 0.2) is 32.4 Å². The fourth-order valence-electron chi connectivity index (χ4n) is 3.89. The number of aliphatic hydroxyl groups excluding tert-OH is 1. The zero-order chi connectivity index (χ0) is 24.5. The molecule has 0 saturated carbocycles. The van der Waals surface area contributed by atoms with Gasteiger partial charge in [0.25, 0.3) is 0 Å². The third kappa shape index (κ3) is 5.65. The van der Waals surface area contributed by atoms with Crippen LogP contribution >= 0.6 is 50.5 Å². The maximum atomic E-state index is 13.0. The molecular formula is C20H23BrCl2N4O5S2. The van der Waals surface area contributed by atoms with E-state index in [9.17, 15) is 18.3 Å². The molecule has 186 valence electrons. The topological polar surface area (TPSA) is 128 Å². The summed E-state index contributed by atoms with van der Waals surface area (Å²) >= 11 is 16.4. The van der Waals surface area contributed by atoms with Crippen LogP contribution in [0.2, 0.25) is 8.67 Å².